The van der Waals surface area contributed by atoms with E-state index in [0.717, 1.165) is 10.9 Å². The van der Waals surface area contributed by atoms with E-state index in [1.807, 2.05) is 37.3 Å². The standard InChI is InChI=1S/C14H15NO2/c1-10(15-14(17)9-16)12-7-6-11-4-2-3-5-13(11)8-12/h2-8,10,16H,9H2,1H3,(H,15,17). The van der Waals surface area contributed by atoms with Gasteiger partial charge in [0.2, 0.25) is 5.91 Å². The maximum absolute atomic E-state index is 11.1. The molecule has 1 amide bonds. The lowest BCUT2D eigenvalue weighted by atomic mass is 10.0. The van der Waals surface area contributed by atoms with E-state index in [1.54, 1.807) is 0 Å². The maximum atomic E-state index is 11.1. The van der Waals surface area contributed by atoms with Crippen LogP contribution in [-0.4, -0.2) is 17.6 Å². The lowest BCUT2D eigenvalue weighted by molar-refractivity contribution is -0.124. The molecule has 0 aliphatic carbocycles. The molecule has 2 aromatic rings. The minimum absolute atomic E-state index is 0.0979. The highest BCUT2D eigenvalue weighted by atomic mass is 16.3. The molecule has 3 heteroatoms. The number of carbonyl (C=O) groups excluding carboxylic acids is 1. The molecule has 17 heavy (non-hydrogen) atoms. The third kappa shape index (κ3) is 2.63. The van der Waals surface area contributed by atoms with Crippen LogP contribution in [0.1, 0.15) is 18.5 Å². The number of hydrogen-bond donors (Lipinski definition) is 2. The van der Waals surface area contributed by atoms with Gasteiger partial charge in [0.1, 0.15) is 6.61 Å². The summed E-state index contributed by atoms with van der Waals surface area (Å²) in [7, 11) is 0. The highest BCUT2D eigenvalue weighted by molar-refractivity contribution is 5.83. The zero-order chi connectivity index (χ0) is 12.3. The molecule has 2 N–H and O–H groups in total. The fourth-order valence-electron chi connectivity index (χ4n) is 1.85. The molecule has 2 rings (SSSR count). The second kappa shape index (κ2) is 4.97. The molecule has 0 spiro atoms. The third-order valence-electron chi connectivity index (χ3n) is 2.79. The van der Waals surface area contributed by atoms with Crippen LogP contribution in [0.3, 0.4) is 0 Å². The second-order valence-electron chi connectivity index (χ2n) is 4.05. The van der Waals surface area contributed by atoms with E-state index in [9.17, 15) is 4.79 Å². The number of hydrogen-bond acceptors (Lipinski definition) is 2. The van der Waals surface area contributed by atoms with Crippen LogP contribution >= 0.6 is 0 Å². The number of aliphatic hydroxyl groups is 1. The Balaban J connectivity index is 2.26. The predicted molar refractivity (Wildman–Crippen MR) is 67.6 cm³/mol. The van der Waals surface area contributed by atoms with Crippen LogP contribution in [0.5, 0.6) is 0 Å². The van der Waals surface area contributed by atoms with Crippen LogP contribution in [0.2, 0.25) is 0 Å². The lowest BCUT2D eigenvalue weighted by Gasteiger charge is -2.14. The van der Waals surface area contributed by atoms with E-state index < -0.39 is 6.61 Å². The van der Waals surface area contributed by atoms with Gasteiger partial charge >= 0.3 is 0 Å². The van der Waals surface area contributed by atoms with Crippen LogP contribution in [0, 0.1) is 0 Å². The van der Waals surface area contributed by atoms with Crippen molar-refractivity contribution in [3.05, 3.63) is 48.0 Å². The topological polar surface area (TPSA) is 49.3 Å². The Morgan fingerprint density at radius 2 is 1.94 bits per heavy atom. The molecule has 1 unspecified atom stereocenters. The van der Waals surface area contributed by atoms with Crippen LogP contribution < -0.4 is 5.32 Å². The number of carbonyl (C=O) groups is 1. The number of amides is 1. The number of nitrogens with one attached hydrogen (secondary N) is 1. The zero-order valence-corrected chi connectivity index (χ0v) is 9.68. The minimum Gasteiger partial charge on any atom is -0.387 e. The molecule has 3 nitrogen and oxygen atoms in total. The monoisotopic (exact) mass is 229 g/mol. The average molecular weight is 229 g/mol. The molecule has 0 heterocycles. The Morgan fingerprint density at radius 1 is 1.24 bits per heavy atom. The van der Waals surface area contributed by atoms with E-state index in [1.165, 1.54) is 5.39 Å². The summed E-state index contributed by atoms with van der Waals surface area (Å²) in [5.41, 5.74) is 1.03. The van der Waals surface area contributed by atoms with Crippen molar-refractivity contribution in [2.24, 2.45) is 0 Å². The Hall–Kier alpha value is -1.87. The van der Waals surface area contributed by atoms with Crippen molar-refractivity contribution in [2.75, 3.05) is 6.61 Å². The summed E-state index contributed by atoms with van der Waals surface area (Å²) < 4.78 is 0. The third-order valence-corrected chi connectivity index (χ3v) is 2.79. The molecule has 0 fully saturated rings. The van der Waals surface area contributed by atoms with Crippen molar-refractivity contribution in [3.8, 4) is 0 Å². The Kier molecular flexibility index (Phi) is 3.40. The van der Waals surface area contributed by atoms with Crippen LogP contribution in [0.15, 0.2) is 42.5 Å². The first-order chi connectivity index (χ1) is 8.20. The van der Waals surface area contributed by atoms with E-state index in [2.05, 4.69) is 17.4 Å². The highest BCUT2D eigenvalue weighted by Crippen LogP contribution is 2.19. The SMILES string of the molecule is CC(NC(=O)CO)c1ccc2ccccc2c1. The van der Waals surface area contributed by atoms with Gasteiger partial charge in [-0.25, -0.2) is 0 Å². The van der Waals surface area contributed by atoms with Gasteiger partial charge in [0.05, 0.1) is 6.04 Å². The Morgan fingerprint density at radius 3 is 2.65 bits per heavy atom. The summed E-state index contributed by atoms with van der Waals surface area (Å²) in [6, 6.07) is 14.1. The van der Waals surface area contributed by atoms with Gasteiger partial charge in [0.25, 0.3) is 0 Å². The number of rotatable bonds is 3. The molecule has 0 bridgehead atoms. The van der Waals surface area contributed by atoms with Crippen molar-refractivity contribution in [1.82, 2.24) is 5.32 Å². The first-order valence-corrected chi connectivity index (χ1v) is 5.59. The molecule has 0 radical (unpaired) electrons. The minimum atomic E-state index is -0.474. The van der Waals surface area contributed by atoms with Crippen LogP contribution in [-0.2, 0) is 4.79 Å². The first kappa shape index (κ1) is 11.6. The van der Waals surface area contributed by atoms with Crippen molar-refractivity contribution >= 4 is 16.7 Å². The van der Waals surface area contributed by atoms with Gasteiger partial charge in [-0.3, -0.25) is 4.79 Å². The predicted octanol–water partition coefficient (Wildman–Crippen LogP) is 2.01. The van der Waals surface area contributed by atoms with Crippen LogP contribution in [0.4, 0.5) is 0 Å². The molecule has 88 valence electrons. The molecule has 0 aromatic heterocycles. The number of fused-ring (bicyclic) bond motifs is 1. The highest BCUT2D eigenvalue weighted by Gasteiger charge is 2.08. The number of benzene rings is 2. The summed E-state index contributed by atoms with van der Waals surface area (Å²) in [5, 5.41) is 13.7. The largest absolute Gasteiger partial charge is 0.387 e. The van der Waals surface area contributed by atoms with E-state index in [-0.39, 0.29) is 11.9 Å². The van der Waals surface area contributed by atoms with Gasteiger partial charge in [0, 0.05) is 0 Å². The number of aliphatic hydroxyl groups excluding tert-OH is 1. The quantitative estimate of drug-likeness (QED) is 0.845. The lowest BCUT2D eigenvalue weighted by Crippen LogP contribution is -2.28. The van der Waals surface area contributed by atoms with Gasteiger partial charge < -0.3 is 10.4 Å². The summed E-state index contributed by atoms with van der Waals surface area (Å²) >= 11 is 0. The van der Waals surface area contributed by atoms with E-state index in [4.69, 9.17) is 5.11 Å². The van der Waals surface area contributed by atoms with E-state index >= 15 is 0 Å². The molecule has 0 aliphatic rings. The maximum Gasteiger partial charge on any atom is 0.246 e. The van der Waals surface area contributed by atoms with Gasteiger partial charge in [-0.2, -0.15) is 0 Å². The zero-order valence-electron chi connectivity index (χ0n) is 9.68. The fraction of sp³-hybridized carbons (Fsp3) is 0.214. The van der Waals surface area contributed by atoms with Gasteiger partial charge in [-0.05, 0) is 29.3 Å². The molecule has 0 saturated carbocycles. The Labute approximate surface area is 100 Å². The van der Waals surface area contributed by atoms with Crippen molar-refractivity contribution in [2.45, 2.75) is 13.0 Å². The molecular weight excluding hydrogens is 214 g/mol. The van der Waals surface area contributed by atoms with Crippen molar-refractivity contribution < 1.29 is 9.90 Å². The molecule has 0 saturated heterocycles. The van der Waals surface area contributed by atoms with Gasteiger partial charge in [-0.1, -0.05) is 36.4 Å². The summed E-state index contributed by atoms with van der Waals surface area (Å²) in [5.74, 6) is -0.356. The molecular formula is C14H15NO2. The second-order valence-corrected chi connectivity index (χ2v) is 4.05. The fourth-order valence-corrected chi connectivity index (χ4v) is 1.85. The molecule has 0 aliphatic heterocycles. The van der Waals surface area contributed by atoms with Crippen LogP contribution in [0.25, 0.3) is 10.8 Å². The summed E-state index contributed by atoms with van der Waals surface area (Å²) in [4.78, 5) is 11.1. The summed E-state index contributed by atoms with van der Waals surface area (Å²) in [6.45, 7) is 1.43. The Bertz CT molecular complexity index is 536. The van der Waals surface area contributed by atoms with E-state index in [0.29, 0.717) is 0 Å². The smallest absolute Gasteiger partial charge is 0.246 e. The molecule has 2 aromatic carbocycles. The van der Waals surface area contributed by atoms with Gasteiger partial charge in [0.15, 0.2) is 0 Å². The first-order valence-electron chi connectivity index (χ1n) is 5.59. The van der Waals surface area contributed by atoms with Crippen molar-refractivity contribution in [1.29, 1.82) is 0 Å². The van der Waals surface area contributed by atoms with Crippen molar-refractivity contribution in [3.63, 3.8) is 0 Å². The normalized spacial score (nSPS) is 12.4. The molecule has 1 atom stereocenters. The summed E-state index contributed by atoms with van der Waals surface area (Å²) in [6.07, 6.45) is 0. The average Bonchev–Trinajstić information content (AvgIpc) is 2.38. The van der Waals surface area contributed by atoms with Gasteiger partial charge in [-0.15, -0.1) is 0 Å².